The summed E-state index contributed by atoms with van der Waals surface area (Å²) in [4.78, 5) is 0. The molecule has 1 atom stereocenters. The highest BCUT2D eigenvalue weighted by Gasteiger charge is 2.19. The third-order valence-electron chi connectivity index (χ3n) is 3.48. The Balaban J connectivity index is 3.21. The molecule has 0 heterocycles. The molecule has 0 aromatic heterocycles. The molecule has 1 nitrogen and oxygen atoms in total. The van der Waals surface area contributed by atoms with Crippen LogP contribution in [0.3, 0.4) is 0 Å². The van der Waals surface area contributed by atoms with E-state index in [4.69, 9.17) is 5.73 Å². The fourth-order valence-electron chi connectivity index (χ4n) is 1.93. The summed E-state index contributed by atoms with van der Waals surface area (Å²) in [5.41, 5.74) is 6.41. The highest BCUT2D eigenvalue weighted by Crippen LogP contribution is 2.21. The minimum absolute atomic E-state index is 0.279. The molecule has 0 amide bonds. The fourth-order valence-corrected chi connectivity index (χ4v) is 1.93. The van der Waals surface area contributed by atoms with E-state index in [1.807, 2.05) is 0 Å². The molecular weight excluding hydrogens is 194 g/mol. The number of hydrogen-bond acceptors (Lipinski definition) is 1. The van der Waals surface area contributed by atoms with Crippen LogP contribution >= 0.6 is 0 Å². The maximum absolute atomic E-state index is 6.13. The molecule has 0 aliphatic heterocycles. The zero-order valence-electron chi connectivity index (χ0n) is 12.0. The SMILES string of the molecule is CCCCCCCCCCC(N)C(C)(C)C. The van der Waals surface area contributed by atoms with Crippen molar-refractivity contribution < 1.29 is 0 Å². The normalized spacial score (nSPS) is 14.1. The summed E-state index contributed by atoms with van der Waals surface area (Å²) in [6, 6.07) is 0.368. The first-order chi connectivity index (χ1) is 7.48. The lowest BCUT2D eigenvalue weighted by molar-refractivity contribution is 0.298. The Morgan fingerprint density at radius 2 is 1.25 bits per heavy atom. The summed E-state index contributed by atoms with van der Waals surface area (Å²) < 4.78 is 0. The molecule has 16 heavy (non-hydrogen) atoms. The van der Waals surface area contributed by atoms with Crippen molar-refractivity contribution in [3.05, 3.63) is 0 Å². The Morgan fingerprint density at radius 3 is 1.69 bits per heavy atom. The highest BCUT2D eigenvalue weighted by molar-refractivity contribution is 4.76. The van der Waals surface area contributed by atoms with Crippen molar-refractivity contribution in [3.63, 3.8) is 0 Å². The van der Waals surface area contributed by atoms with Gasteiger partial charge in [-0.25, -0.2) is 0 Å². The third-order valence-corrected chi connectivity index (χ3v) is 3.48. The van der Waals surface area contributed by atoms with Gasteiger partial charge in [0.05, 0.1) is 0 Å². The highest BCUT2D eigenvalue weighted by atomic mass is 14.7. The van der Waals surface area contributed by atoms with E-state index in [0.29, 0.717) is 6.04 Å². The summed E-state index contributed by atoms with van der Waals surface area (Å²) in [7, 11) is 0. The lowest BCUT2D eigenvalue weighted by Crippen LogP contribution is -2.34. The van der Waals surface area contributed by atoms with Gasteiger partial charge in [-0.3, -0.25) is 0 Å². The van der Waals surface area contributed by atoms with Gasteiger partial charge >= 0.3 is 0 Å². The van der Waals surface area contributed by atoms with Crippen molar-refractivity contribution in [2.24, 2.45) is 11.1 Å². The van der Waals surface area contributed by atoms with E-state index in [1.165, 1.54) is 57.8 Å². The van der Waals surface area contributed by atoms with Crippen LogP contribution in [0.15, 0.2) is 0 Å². The average molecular weight is 227 g/mol. The Morgan fingerprint density at radius 1 is 0.812 bits per heavy atom. The van der Waals surface area contributed by atoms with Crippen molar-refractivity contribution in [1.29, 1.82) is 0 Å². The lowest BCUT2D eigenvalue weighted by atomic mass is 9.84. The minimum Gasteiger partial charge on any atom is -0.327 e. The van der Waals surface area contributed by atoms with Crippen LogP contribution in [0, 0.1) is 5.41 Å². The molecule has 0 bridgehead atoms. The van der Waals surface area contributed by atoms with Crippen molar-refractivity contribution in [2.45, 2.75) is 91.5 Å². The van der Waals surface area contributed by atoms with Crippen LogP contribution < -0.4 is 5.73 Å². The zero-order valence-corrected chi connectivity index (χ0v) is 12.0. The average Bonchev–Trinajstić information content (AvgIpc) is 2.20. The standard InChI is InChI=1S/C15H33N/c1-5-6-7-8-9-10-11-12-13-14(16)15(2,3)4/h14H,5-13,16H2,1-4H3. The van der Waals surface area contributed by atoms with Crippen LogP contribution in [-0.4, -0.2) is 6.04 Å². The van der Waals surface area contributed by atoms with Gasteiger partial charge in [0.2, 0.25) is 0 Å². The molecule has 0 fully saturated rings. The maximum atomic E-state index is 6.13. The first-order valence-electron chi connectivity index (χ1n) is 7.24. The van der Waals surface area contributed by atoms with Crippen LogP contribution in [0.4, 0.5) is 0 Å². The zero-order chi connectivity index (χ0) is 12.4. The van der Waals surface area contributed by atoms with Gasteiger partial charge in [0.25, 0.3) is 0 Å². The maximum Gasteiger partial charge on any atom is 0.00876 e. The predicted octanol–water partition coefficient (Wildman–Crippen LogP) is 4.89. The second-order valence-corrected chi connectivity index (χ2v) is 6.24. The summed E-state index contributed by atoms with van der Waals surface area (Å²) in [5, 5.41) is 0. The molecule has 0 aliphatic rings. The van der Waals surface area contributed by atoms with E-state index in [0.717, 1.165) is 0 Å². The number of hydrogen-bond donors (Lipinski definition) is 1. The van der Waals surface area contributed by atoms with E-state index in [9.17, 15) is 0 Å². The van der Waals surface area contributed by atoms with Crippen LogP contribution in [0.1, 0.15) is 85.5 Å². The van der Waals surface area contributed by atoms with Crippen LogP contribution in [-0.2, 0) is 0 Å². The van der Waals surface area contributed by atoms with Gasteiger partial charge in [-0.15, -0.1) is 0 Å². The van der Waals surface area contributed by atoms with Crippen molar-refractivity contribution in [3.8, 4) is 0 Å². The second kappa shape index (κ2) is 9.04. The van der Waals surface area contributed by atoms with Gasteiger partial charge in [-0.2, -0.15) is 0 Å². The molecule has 0 spiro atoms. The van der Waals surface area contributed by atoms with Gasteiger partial charge < -0.3 is 5.73 Å². The molecule has 1 unspecified atom stereocenters. The largest absolute Gasteiger partial charge is 0.327 e. The quantitative estimate of drug-likeness (QED) is 0.558. The molecule has 0 aromatic carbocycles. The number of rotatable bonds is 9. The second-order valence-electron chi connectivity index (χ2n) is 6.24. The van der Waals surface area contributed by atoms with E-state index in [-0.39, 0.29) is 5.41 Å². The summed E-state index contributed by atoms with van der Waals surface area (Å²) in [6.07, 6.45) is 12.3. The molecule has 98 valence electrons. The molecule has 0 rings (SSSR count). The summed E-state index contributed by atoms with van der Waals surface area (Å²) in [6.45, 7) is 8.99. The van der Waals surface area contributed by atoms with E-state index >= 15 is 0 Å². The van der Waals surface area contributed by atoms with E-state index < -0.39 is 0 Å². The molecular formula is C15H33N. The first-order valence-corrected chi connectivity index (χ1v) is 7.24. The minimum atomic E-state index is 0.279. The van der Waals surface area contributed by atoms with Gasteiger partial charge in [0.1, 0.15) is 0 Å². The Bertz CT molecular complexity index is 146. The Hall–Kier alpha value is -0.0400. The predicted molar refractivity (Wildman–Crippen MR) is 74.7 cm³/mol. The first kappa shape index (κ1) is 16.0. The fraction of sp³-hybridized carbons (Fsp3) is 1.00. The lowest BCUT2D eigenvalue weighted by Gasteiger charge is -2.26. The van der Waals surface area contributed by atoms with E-state index in [2.05, 4.69) is 27.7 Å². The van der Waals surface area contributed by atoms with Crippen LogP contribution in [0.2, 0.25) is 0 Å². The molecule has 0 aliphatic carbocycles. The molecule has 0 saturated heterocycles. The molecule has 0 saturated carbocycles. The number of nitrogens with two attached hydrogens (primary N) is 1. The van der Waals surface area contributed by atoms with Gasteiger partial charge in [-0.1, -0.05) is 79.1 Å². The summed E-state index contributed by atoms with van der Waals surface area (Å²) in [5.74, 6) is 0. The Labute approximate surface area is 103 Å². The van der Waals surface area contributed by atoms with Crippen molar-refractivity contribution >= 4 is 0 Å². The monoisotopic (exact) mass is 227 g/mol. The molecule has 0 aromatic rings. The summed E-state index contributed by atoms with van der Waals surface area (Å²) >= 11 is 0. The molecule has 1 heteroatoms. The van der Waals surface area contributed by atoms with Gasteiger partial charge in [0.15, 0.2) is 0 Å². The van der Waals surface area contributed by atoms with E-state index in [1.54, 1.807) is 0 Å². The van der Waals surface area contributed by atoms with Crippen LogP contribution in [0.25, 0.3) is 0 Å². The van der Waals surface area contributed by atoms with Gasteiger partial charge in [0, 0.05) is 6.04 Å². The van der Waals surface area contributed by atoms with Crippen LogP contribution in [0.5, 0.6) is 0 Å². The Kier molecular flexibility index (Phi) is 9.02. The third kappa shape index (κ3) is 9.21. The van der Waals surface area contributed by atoms with Crippen molar-refractivity contribution in [2.75, 3.05) is 0 Å². The smallest absolute Gasteiger partial charge is 0.00876 e. The topological polar surface area (TPSA) is 26.0 Å². The molecule has 2 N–H and O–H groups in total. The number of unbranched alkanes of at least 4 members (excludes halogenated alkanes) is 7. The molecule has 0 radical (unpaired) electrons. The van der Waals surface area contributed by atoms with Gasteiger partial charge in [-0.05, 0) is 11.8 Å². The van der Waals surface area contributed by atoms with Crippen molar-refractivity contribution in [1.82, 2.24) is 0 Å².